The van der Waals surface area contributed by atoms with E-state index in [1.165, 1.54) is 23.9 Å². The van der Waals surface area contributed by atoms with Gasteiger partial charge in [-0.15, -0.1) is 0 Å². The lowest BCUT2D eigenvalue weighted by Crippen LogP contribution is -2.34. The summed E-state index contributed by atoms with van der Waals surface area (Å²) in [5, 5.41) is 0. The molecule has 0 amide bonds. The van der Waals surface area contributed by atoms with Gasteiger partial charge >= 0.3 is 5.97 Å². The Labute approximate surface area is 143 Å². The average molecular weight is 324 g/mol. The largest absolute Gasteiger partial charge is 0.469 e. The third kappa shape index (κ3) is 3.70. The standard InChI is InChI=1S/C20H24N2O2/c1-24-20(23)14-15-10-12-22(13-11-15)19-5-3-2-4-18(19)16-6-8-17(21)9-7-16/h2-9,15H,10-14,21H2,1H3. The van der Waals surface area contributed by atoms with Crippen LogP contribution in [0.4, 0.5) is 11.4 Å². The zero-order valence-corrected chi connectivity index (χ0v) is 14.1. The molecule has 0 aromatic heterocycles. The van der Waals surface area contributed by atoms with Gasteiger partial charge in [0.25, 0.3) is 0 Å². The number of hydrogen-bond donors (Lipinski definition) is 1. The van der Waals surface area contributed by atoms with Gasteiger partial charge in [0.2, 0.25) is 0 Å². The minimum absolute atomic E-state index is 0.101. The van der Waals surface area contributed by atoms with Gasteiger partial charge in [0.15, 0.2) is 0 Å². The quantitative estimate of drug-likeness (QED) is 0.688. The van der Waals surface area contributed by atoms with Crippen molar-refractivity contribution in [2.45, 2.75) is 19.3 Å². The van der Waals surface area contributed by atoms with Crippen LogP contribution in [0.15, 0.2) is 48.5 Å². The predicted molar refractivity (Wildman–Crippen MR) is 97.9 cm³/mol. The molecule has 2 N–H and O–H groups in total. The van der Waals surface area contributed by atoms with E-state index in [9.17, 15) is 4.79 Å². The third-order valence-electron chi connectivity index (χ3n) is 4.76. The summed E-state index contributed by atoms with van der Waals surface area (Å²) < 4.78 is 4.79. The smallest absolute Gasteiger partial charge is 0.305 e. The van der Waals surface area contributed by atoms with E-state index in [4.69, 9.17) is 10.5 Å². The van der Waals surface area contributed by atoms with Gasteiger partial charge in [0.05, 0.1) is 7.11 Å². The Hall–Kier alpha value is -2.49. The van der Waals surface area contributed by atoms with Gasteiger partial charge in [-0.3, -0.25) is 4.79 Å². The first kappa shape index (κ1) is 16.4. The van der Waals surface area contributed by atoms with E-state index in [0.717, 1.165) is 31.6 Å². The van der Waals surface area contributed by atoms with E-state index in [1.807, 2.05) is 12.1 Å². The topological polar surface area (TPSA) is 55.6 Å². The van der Waals surface area contributed by atoms with Gasteiger partial charge in [0.1, 0.15) is 0 Å². The van der Waals surface area contributed by atoms with Crippen LogP contribution in [-0.2, 0) is 9.53 Å². The zero-order valence-electron chi connectivity index (χ0n) is 14.1. The van der Waals surface area contributed by atoms with Crippen LogP contribution in [0.5, 0.6) is 0 Å². The molecular formula is C20H24N2O2. The van der Waals surface area contributed by atoms with Crippen LogP contribution >= 0.6 is 0 Å². The van der Waals surface area contributed by atoms with Crippen LogP contribution < -0.4 is 10.6 Å². The maximum absolute atomic E-state index is 11.5. The Morgan fingerprint density at radius 3 is 2.46 bits per heavy atom. The predicted octanol–water partition coefficient (Wildman–Crippen LogP) is 3.72. The van der Waals surface area contributed by atoms with E-state index in [2.05, 4.69) is 41.3 Å². The number of benzene rings is 2. The number of hydrogen-bond acceptors (Lipinski definition) is 4. The molecule has 1 fully saturated rings. The fourth-order valence-electron chi connectivity index (χ4n) is 3.35. The Bertz CT molecular complexity index is 689. The van der Waals surface area contributed by atoms with E-state index < -0.39 is 0 Å². The lowest BCUT2D eigenvalue weighted by Gasteiger charge is -2.34. The summed E-state index contributed by atoms with van der Waals surface area (Å²) in [7, 11) is 1.46. The normalized spacial score (nSPS) is 15.3. The molecule has 4 nitrogen and oxygen atoms in total. The summed E-state index contributed by atoms with van der Waals surface area (Å²) in [6, 6.07) is 16.5. The molecule has 0 spiro atoms. The van der Waals surface area contributed by atoms with Crippen molar-refractivity contribution in [3.63, 3.8) is 0 Å². The third-order valence-corrected chi connectivity index (χ3v) is 4.76. The van der Waals surface area contributed by atoms with Crippen LogP contribution in [0.25, 0.3) is 11.1 Å². The molecule has 1 aliphatic rings. The zero-order chi connectivity index (χ0) is 16.9. The highest BCUT2D eigenvalue weighted by Gasteiger charge is 2.23. The molecule has 0 aliphatic carbocycles. The molecule has 0 atom stereocenters. The van der Waals surface area contributed by atoms with E-state index >= 15 is 0 Å². The molecule has 0 saturated carbocycles. The second kappa shape index (κ2) is 7.39. The maximum atomic E-state index is 11.5. The first-order valence-corrected chi connectivity index (χ1v) is 8.44. The fraction of sp³-hybridized carbons (Fsp3) is 0.350. The number of esters is 1. The number of ether oxygens (including phenoxy) is 1. The number of piperidine rings is 1. The molecular weight excluding hydrogens is 300 g/mol. The highest BCUT2D eigenvalue weighted by Crippen LogP contribution is 2.34. The van der Waals surface area contributed by atoms with Crippen molar-refractivity contribution in [2.75, 3.05) is 30.8 Å². The van der Waals surface area contributed by atoms with Crippen LogP contribution in [0, 0.1) is 5.92 Å². The molecule has 3 rings (SSSR count). The monoisotopic (exact) mass is 324 g/mol. The van der Waals surface area contributed by atoms with Gasteiger partial charge in [0, 0.05) is 36.4 Å². The average Bonchev–Trinajstić information content (AvgIpc) is 2.63. The first-order valence-electron chi connectivity index (χ1n) is 8.44. The lowest BCUT2D eigenvalue weighted by atomic mass is 9.92. The molecule has 0 unspecified atom stereocenters. The number of para-hydroxylation sites is 1. The summed E-state index contributed by atoms with van der Waals surface area (Å²) in [5.74, 6) is 0.327. The molecule has 2 aromatic carbocycles. The molecule has 0 radical (unpaired) electrons. The van der Waals surface area contributed by atoms with Crippen LogP contribution in [-0.4, -0.2) is 26.2 Å². The molecule has 1 heterocycles. The Kier molecular flexibility index (Phi) is 5.04. The number of nitrogens with zero attached hydrogens (tertiary/aromatic N) is 1. The number of methoxy groups -OCH3 is 1. The Morgan fingerprint density at radius 1 is 1.12 bits per heavy atom. The summed E-state index contributed by atoms with van der Waals surface area (Å²) in [6.07, 6.45) is 2.57. The van der Waals surface area contributed by atoms with E-state index in [0.29, 0.717) is 12.3 Å². The van der Waals surface area contributed by atoms with Gasteiger partial charge in [-0.1, -0.05) is 30.3 Å². The molecule has 4 heteroatoms. The van der Waals surface area contributed by atoms with Gasteiger partial charge in [-0.2, -0.15) is 0 Å². The summed E-state index contributed by atoms with van der Waals surface area (Å²) >= 11 is 0. The van der Waals surface area contributed by atoms with Crippen LogP contribution in [0.3, 0.4) is 0 Å². The summed E-state index contributed by atoms with van der Waals surface area (Å²) in [4.78, 5) is 13.9. The molecule has 2 aromatic rings. The number of rotatable bonds is 4. The van der Waals surface area contributed by atoms with Gasteiger partial charge in [-0.25, -0.2) is 0 Å². The fourth-order valence-corrected chi connectivity index (χ4v) is 3.35. The van der Waals surface area contributed by atoms with Crippen molar-refractivity contribution in [3.8, 4) is 11.1 Å². The van der Waals surface area contributed by atoms with E-state index in [1.54, 1.807) is 0 Å². The highest BCUT2D eigenvalue weighted by molar-refractivity contribution is 5.79. The lowest BCUT2D eigenvalue weighted by molar-refractivity contribution is -0.141. The molecule has 126 valence electrons. The maximum Gasteiger partial charge on any atom is 0.305 e. The van der Waals surface area contributed by atoms with Crippen molar-refractivity contribution in [3.05, 3.63) is 48.5 Å². The number of nitrogens with two attached hydrogens (primary N) is 1. The molecule has 0 bridgehead atoms. The van der Waals surface area contributed by atoms with Crippen molar-refractivity contribution in [1.82, 2.24) is 0 Å². The van der Waals surface area contributed by atoms with Crippen LogP contribution in [0.2, 0.25) is 0 Å². The van der Waals surface area contributed by atoms with Crippen molar-refractivity contribution in [1.29, 1.82) is 0 Å². The Morgan fingerprint density at radius 2 is 1.79 bits per heavy atom. The molecule has 24 heavy (non-hydrogen) atoms. The molecule has 1 saturated heterocycles. The highest BCUT2D eigenvalue weighted by atomic mass is 16.5. The van der Waals surface area contributed by atoms with Crippen molar-refractivity contribution < 1.29 is 9.53 Å². The number of nitrogen functional groups attached to an aromatic ring is 1. The van der Waals surface area contributed by atoms with Crippen molar-refractivity contribution >= 4 is 17.3 Å². The number of carbonyl (C=O) groups excluding carboxylic acids is 1. The SMILES string of the molecule is COC(=O)CC1CCN(c2ccccc2-c2ccc(N)cc2)CC1. The summed E-state index contributed by atoms with van der Waals surface area (Å²) in [6.45, 7) is 1.93. The second-order valence-electron chi connectivity index (χ2n) is 6.35. The van der Waals surface area contributed by atoms with Crippen molar-refractivity contribution in [2.24, 2.45) is 5.92 Å². The number of anilines is 2. The minimum atomic E-state index is -0.101. The number of carbonyl (C=O) groups is 1. The Balaban J connectivity index is 1.74. The molecule has 1 aliphatic heterocycles. The second-order valence-corrected chi connectivity index (χ2v) is 6.35. The van der Waals surface area contributed by atoms with Gasteiger partial charge in [-0.05, 0) is 42.5 Å². The van der Waals surface area contributed by atoms with Crippen LogP contribution in [0.1, 0.15) is 19.3 Å². The first-order chi connectivity index (χ1) is 11.7. The summed E-state index contributed by atoms with van der Waals surface area (Å²) in [5.41, 5.74) is 10.2. The van der Waals surface area contributed by atoms with E-state index in [-0.39, 0.29) is 5.97 Å². The van der Waals surface area contributed by atoms with Gasteiger partial charge < -0.3 is 15.4 Å². The minimum Gasteiger partial charge on any atom is -0.469 e.